The van der Waals surface area contributed by atoms with Crippen molar-refractivity contribution in [3.63, 3.8) is 0 Å². The topological polar surface area (TPSA) is 55.1 Å². The van der Waals surface area contributed by atoms with E-state index in [4.69, 9.17) is 5.73 Å². The van der Waals surface area contributed by atoms with Crippen LogP contribution in [-0.4, -0.2) is 12.5 Å². The van der Waals surface area contributed by atoms with E-state index in [1.54, 1.807) is 0 Å². The van der Waals surface area contributed by atoms with Crippen molar-refractivity contribution in [3.8, 4) is 0 Å². The summed E-state index contributed by atoms with van der Waals surface area (Å²) in [4.78, 5) is 11.8. The van der Waals surface area contributed by atoms with E-state index in [0.29, 0.717) is 6.42 Å². The first-order valence-corrected chi connectivity index (χ1v) is 7.19. The summed E-state index contributed by atoms with van der Waals surface area (Å²) in [6.07, 6.45) is 4.74. The first-order chi connectivity index (χ1) is 8.63. The van der Waals surface area contributed by atoms with Gasteiger partial charge in [-0.15, -0.1) is 0 Å². The molecule has 0 aliphatic rings. The second kappa shape index (κ2) is 8.27. The molecule has 0 saturated carbocycles. The molecule has 0 bridgehead atoms. The van der Waals surface area contributed by atoms with Crippen molar-refractivity contribution < 1.29 is 4.79 Å². The Labute approximate surface area is 117 Å². The molecule has 1 rings (SSSR count). The maximum Gasteiger partial charge on any atom is 0.224 e. The van der Waals surface area contributed by atoms with E-state index in [0.717, 1.165) is 48.0 Å². The number of benzene rings is 1. The molecular weight excluding hydrogens is 292 g/mol. The van der Waals surface area contributed by atoms with Gasteiger partial charge in [0, 0.05) is 16.6 Å². The Bertz CT molecular complexity index is 393. The second-order valence-electron chi connectivity index (χ2n) is 4.46. The van der Waals surface area contributed by atoms with Gasteiger partial charge >= 0.3 is 0 Å². The van der Waals surface area contributed by atoms with Gasteiger partial charge in [0.15, 0.2) is 0 Å². The van der Waals surface area contributed by atoms with E-state index < -0.39 is 0 Å². The summed E-state index contributed by atoms with van der Waals surface area (Å²) in [6.45, 7) is 2.73. The van der Waals surface area contributed by atoms with Crippen LogP contribution in [0.15, 0.2) is 22.7 Å². The van der Waals surface area contributed by atoms with Gasteiger partial charge in [0.2, 0.25) is 5.91 Å². The van der Waals surface area contributed by atoms with E-state index >= 15 is 0 Å². The van der Waals surface area contributed by atoms with E-state index in [1.165, 1.54) is 0 Å². The van der Waals surface area contributed by atoms with Crippen LogP contribution < -0.4 is 11.1 Å². The molecular formula is C14H21BrN2O. The third-order valence-corrected chi connectivity index (χ3v) is 3.32. The Balaban J connectivity index is 2.33. The standard InChI is InChI=1S/C14H21BrN2O/c1-11-7-8-12(15)10-13(11)17-14(18)6-4-2-3-5-9-16/h7-8,10H,2-6,9,16H2,1H3,(H,17,18). The summed E-state index contributed by atoms with van der Waals surface area (Å²) in [5, 5.41) is 2.95. The molecule has 1 amide bonds. The smallest absolute Gasteiger partial charge is 0.224 e. The fourth-order valence-corrected chi connectivity index (χ4v) is 2.09. The number of hydrogen-bond donors (Lipinski definition) is 2. The first-order valence-electron chi connectivity index (χ1n) is 6.39. The summed E-state index contributed by atoms with van der Waals surface area (Å²) in [7, 11) is 0. The van der Waals surface area contributed by atoms with Crippen LogP contribution in [0, 0.1) is 6.92 Å². The molecule has 0 heterocycles. The molecule has 0 aliphatic carbocycles. The van der Waals surface area contributed by atoms with E-state index in [9.17, 15) is 4.79 Å². The van der Waals surface area contributed by atoms with E-state index in [-0.39, 0.29) is 5.91 Å². The number of hydrogen-bond acceptors (Lipinski definition) is 2. The van der Waals surface area contributed by atoms with Gasteiger partial charge in [-0.05, 0) is 44.0 Å². The van der Waals surface area contributed by atoms with Crippen LogP contribution in [0.2, 0.25) is 0 Å². The minimum Gasteiger partial charge on any atom is -0.330 e. The molecule has 100 valence electrons. The lowest BCUT2D eigenvalue weighted by atomic mass is 10.1. The van der Waals surface area contributed by atoms with Crippen LogP contribution in [0.4, 0.5) is 5.69 Å². The average molecular weight is 313 g/mol. The lowest BCUT2D eigenvalue weighted by Gasteiger charge is -2.08. The van der Waals surface area contributed by atoms with Crippen LogP contribution in [0.25, 0.3) is 0 Å². The predicted molar refractivity (Wildman–Crippen MR) is 79.6 cm³/mol. The maximum atomic E-state index is 11.8. The van der Waals surface area contributed by atoms with Crippen LogP contribution in [0.3, 0.4) is 0 Å². The monoisotopic (exact) mass is 312 g/mol. The summed E-state index contributed by atoms with van der Waals surface area (Å²) in [6, 6.07) is 5.89. The molecule has 3 nitrogen and oxygen atoms in total. The Kier molecular flexibility index (Phi) is 6.98. The molecule has 4 heteroatoms. The molecule has 1 aromatic carbocycles. The number of anilines is 1. The zero-order chi connectivity index (χ0) is 13.4. The highest BCUT2D eigenvalue weighted by Gasteiger charge is 2.05. The van der Waals surface area contributed by atoms with Crippen molar-refractivity contribution in [1.29, 1.82) is 0 Å². The number of carbonyl (C=O) groups is 1. The van der Waals surface area contributed by atoms with Gasteiger partial charge in [-0.25, -0.2) is 0 Å². The number of amides is 1. The van der Waals surface area contributed by atoms with E-state index in [2.05, 4.69) is 21.2 Å². The quantitative estimate of drug-likeness (QED) is 0.756. The van der Waals surface area contributed by atoms with Crippen LogP contribution >= 0.6 is 15.9 Å². The summed E-state index contributed by atoms with van der Waals surface area (Å²) >= 11 is 3.40. The Morgan fingerprint density at radius 3 is 2.72 bits per heavy atom. The van der Waals surface area contributed by atoms with Crippen LogP contribution in [0.5, 0.6) is 0 Å². The SMILES string of the molecule is Cc1ccc(Br)cc1NC(=O)CCCCCCN. The maximum absolute atomic E-state index is 11.8. The van der Waals surface area contributed by atoms with Crippen molar-refractivity contribution in [2.75, 3.05) is 11.9 Å². The number of aryl methyl sites for hydroxylation is 1. The summed E-state index contributed by atoms with van der Waals surface area (Å²) < 4.78 is 0.978. The zero-order valence-corrected chi connectivity index (χ0v) is 12.4. The lowest BCUT2D eigenvalue weighted by molar-refractivity contribution is -0.116. The van der Waals surface area contributed by atoms with E-state index in [1.807, 2.05) is 25.1 Å². The highest BCUT2D eigenvalue weighted by atomic mass is 79.9. The van der Waals surface area contributed by atoms with Gasteiger partial charge in [-0.3, -0.25) is 4.79 Å². The predicted octanol–water partition coefficient (Wildman–Crippen LogP) is 3.61. The fraction of sp³-hybridized carbons (Fsp3) is 0.500. The number of nitrogens with one attached hydrogen (secondary N) is 1. The van der Waals surface area contributed by atoms with Gasteiger partial charge in [0.25, 0.3) is 0 Å². The molecule has 0 radical (unpaired) electrons. The van der Waals surface area contributed by atoms with Crippen molar-refractivity contribution in [1.82, 2.24) is 0 Å². The van der Waals surface area contributed by atoms with Crippen molar-refractivity contribution in [2.45, 2.75) is 39.0 Å². The van der Waals surface area contributed by atoms with Crippen LogP contribution in [-0.2, 0) is 4.79 Å². The normalized spacial score (nSPS) is 10.4. The number of halogens is 1. The Morgan fingerprint density at radius 2 is 2.00 bits per heavy atom. The molecule has 0 spiro atoms. The first kappa shape index (κ1) is 15.2. The van der Waals surface area contributed by atoms with Crippen LogP contribution in [0.1, 0.15) is 37.7 Å². The molecule has 1 aromatic rings. The summed E-state index contributed by atoms with van der Waals surface area (Å²) in [5.41, 5.74) is 7.38. The highest BCUT2D eigenvalue weighted by Crippen LogP contribution is 2.20. The van der Waals surface area contributed by atoms with Gasteiger partial charge in [-0.2, -0.15) is 0 Å². The Morgan fingerprint density at radius 1 is 1.28 bits per heavy atom. The van der Waals surface area contributed by atoms with Gasteiger partial charge < -0.3 is 11.1 Å². The van der Waals surface area contributed by atoms with Crippen molar-refractivity contribution in [2.24, 2.45) is 5.73 Å². The number of unbranched alkanes of at least 4 members (excludes halogenated alkanes) is 3. The molecule has 18 heavy (non-hydrogen) atoms. The number of rotatable bonds is 7. The molecule has 0 aliphatic heterocycles. The minimum absolute atomic E-state index is 0.0870. The minimum atomic E-state index is 0.0870. The second-order valence-corrected chi connectivity index (χ2v) is 5.38. The third-order valence-electron chi connectivity index (χ3n) is 2.83. The number of nitrogens with two attached hydrogens (primary N) is 1. The third kappa shape index (κ3) is 5.65. The fourth-order valence-electron chi connectivity index (χ4n) is 1.73. The molecule has 0 fully saturated rings. The van der Waals surface area contributed by atoms with Gasteiger partial charge in [0.05, 0.1) is 0 Å². The van der Waals surface area contributed by atoms with Gasteiger partial charge in [-0.1, -0.05) is 34.8 Å². The van der Waals surface area contributed by atoms with Crippen molar-refractivity contribution >= 4 is 27.5 Å². The molecule has 0 unspecified atom stereocenters. The summed E-state index contributed by atoms with van der Waals surface area (Å²) in [5.74, 6) is 0.0870. The number of carbonyl (C=O) groups excluding carboxylic acids is 1. The highest BCUT2D eigenvalue weighted by molar-refractivity contribution is 9.10. The molecule has 0 atom stereocenters. The average Bonchev–Trinajstić information content (AvgIpc) is 2.33. The molecule has 3 N–H and O–H groups in total. The molecule has 0 saturated heterocycles. The van der Waals surface area contributed by atoms with Crippen molar-refractivity contribution in [3.05, 3.63) is 28.2 Å². The van der Waals surface area contributed by atoms with Gasteiger partial charge in [0.1, 0.15) is 0 Å². The largest absolute Gasteiger partial charge is 0.330 e. The Hall–Kier alpha value is -0.870. The molecule has 0 aromatic heterocycles. The lowest BCUT2D eigenvalue weighted by Crippen LogP contribution is -2.12. The zero-order valence-electron chi connectivity index (χ0n) is 10.8.